The number of benzene rings is 1. The molecular weight excluding hydrogens is 216 g/mol. The highest BCUT2D eigenvalue weighted by molar-refractivity contribution is 5.94. The van der Waals surface area contributed by atoms with Crippen LogP contribution in [0.5, 0.6) is 5.75 Å². The Labute approximate surface area is 101 Å². The van der Waals surface area contributed by atoms with Gasteiger partial charge in [-0.3, -0.25) is 4.79 Å². The number of carbonyl (C=O) groups is 1. The van der Waals surface area contributed by atoms with Gasteiger partial charge in [0.05, 0.1) is 13.2 Å². The summed E-state index contributed by atoms with van der Waals surface area (Å²) in [6, 6.07) is 7.34. The van der Waals surface area contributed by atoms with E-state index in [1.54, 1.807) is 19.2 Å². The molecule has 0 aliphatic carbocycles. The van der Waals surface area contributed by atoms with Gasteiger partial charge in [0.2, 0.25) is 5.91 Å². The lowest BCUT2D eigenvalue weighted by Gasteiger charge is -2.10. The van der Waals surface area contributed by atoms with Gasteiger partial charge in [0, 0.05) is 5.69 Å². The van der Waals surface area contributed by atoms with Crippen molar-refractivity contribution in [2.45, 2.75) is 20.3 Å². The van der Waals surface area contributed by atoms with Gasteiger partial charge >= 0.3 is 0 Å². The van der Waals surface area contributed by atoms with Crippen LogP contribution in [0.15, 0.2) is 18.2 Å². The molecule has 0 saturated carbocycles. The number of rotatable bonds is 4. The molecule has 1 aromatic carbocycles. The van der Waals surface area contributed by atoms with E-state index in [4.69, 9.17) is 10.00 Å². The Bertz CT molecular complexity index is 449. The SMILES string of the molecule is CCC(C#N)C(=O)Nc1ccc(OC)c(C)c1. The van der Waals surface area contributed by atoms with E-state index in [-0.39, 0.29) is 5.91 Å². The van der Waals surface area contributed by atoms with E-state index in [1.165, 1.54) is 0 Å². The van der Waals surface area contributed by atoms with Crippen molar-refractivity contribution in [1.82, 2.24) is 0 Å². The fourth-order valence-corrected chi connectivity index (χ4v) is 1.52. The summed E-state index contributed by atoms with van der Waals surface area (Å²) in [4.78, 5) is 11.7. The summed E-state index contributed by atoms with van der Waals surface area (Å²) in [6.45, 7) is 3.71. The topological polar surface area (TPSA) is 62.1 Å². The highest BCUT2D eigenvalue weighted by atomic mass is 16.5. The number of amides is 1. The minimum atomic E-state index is -0.600. The van der Waals surface area contributed by atoms with Crippen LogP contribution in [0.4, 0.5) is 5.69 Å². The summed E-state index contributed by atoms with van der Waals surface area (Å²) in [5.74, 6) is -0.0905. The number of aryl methyl sites for hydroxylation is 1. The lowest BCUT2D eigenvalue weighted by molar-refractivity contribution is -0.118. The molecule has 0 fully saturated rings. The second-order valence-electron chi connectivity index (χ2n) is 3.76. The maximum Gasteiger partial charge on any atom is 0.241 e. The Balaban J connectivity index is 2.79. The maximum atomic E-state index is 11.7. The lowest BCUT2D eigenvalue weighted by Crippen LogP contribution is -2.20. The number of hydrogen-bond donors (Lipinski definition) is 1. The smallest absolute Gasteiger partial charge is 0.241 e. The van der Waals surface area contributed by atoms with Crippen LogP contribution in [0.2, 0.25) is 0 Å². The van der Waals surface area contributed by atoms with Crippen LogP contribution in [-0.2, 0) is 4.79 Å². The molecule has 17 heavy (non-hydrogen) atoms. The molecule has 1 aromatic rings. The van der Waals surface area contributed by atoms with Gasteiger partial charge < -0.3 is 10.1 Å². The summed E-state index contributed by atoms with van der Waals surface area (Å²) in [5, 5.41) is 11.5. The number of ether oxygens (including phenoxy) is 1. The first-order chi connectivity index (χ1) is 8.12. The molecule has 1 unspecified atom stereocenters. The number of methoxy groups -OCH3 is 1. The van der Waals surface area contributed by atoms with Gasteiger partial charge in [0.1, 0.15) is 11.7 Å². The second kappa shape index (κ2) is 5.90. The van der Waals surface area contributed by atoms with E-state index >= 15 is 0 Å². The second-order valence-corrected chi connectivity index (χ2v) is 3.76. The predicted molar refractivity (Wildman–Crippen MR) is 65.8 cm³/mol. The maximum absolute atomic E-state index is 11.7. The molecule has 0 saturated heterocycles. The predicted octanol–water partition coefficient (Wildman–Crippen LogP) is 2.49. The third-order valence-corrected chi connectivity index (χ3v) is 2.54. The highest BCUT2D eigenvalue weighted by Crippen LogP contribution is 2.21. The molecule has 4 nitrogen and oxygen atoms in total. The summed E-state index contributed by atoms with van der Waals surface area (Å²) in [6.07, 6.45) is 0.511. The van der Waals surface area contributed by atoms with Crippen molar-refractivity contribution in [3.8, 4) is 11.8 Å². The number of nitrogens with one attached hydrogen (secondary N) is 1. The van der Waals surface area contributed by atoms with Crippen LogP contribution in [0, 0.1) is 24.2 Å². The number of nitriles is 1. The zero-order chi connectivity index (χ0) is 12.8. The summed E-state index contributed by atoms with van der Waals surface area (Å²) in [5.41, 5.74) is 1.62. The summed E-state index contributed by atoms with van der Waals surface area (Å²) in [7, 11) is 1.60. The third kappa shape index (κ3) is 3.22. The highest BCUT2D eigenvalue weighted by Gasteiger charge is 2.15. The Morgan fingerprint density at radius 1 is 1.59 bits per heavy atom. The number of anilines is 1. The Morgan fingerprint density at radius 2 is 2.29 bits per heavy atom. The van der Waals surface area contributed by atoms with Crippen LogP contribution < -0.4 is 10.1 Å². The summed E-state index contributed by atoms with van der Waals surface area (Å²) >= 11 is 0. The third-order valence-electron chi connectivity index (χ3n) is 2.54. The molecule has 0 spiro atoms. The first-order valence-corrected chi connectivity index (χ1v) is 5.47. The average Bonchev–Trinajstić information content (AvgIpc) is 2.31. The molecule has 4 heteroatoms. The van der Waals surface area contributed by atoms with Crippen LogP contribution >= 0.6 is 0 Å². The molecule has 0 bridgehead atoms. The van der Waals surface area contributed by atoms with Gasteiger partial charge in [-0.25, -0.2) is 0 Å². The molecule has 1 atom stereocenters. The zero-order valence-electron chi connectivity index (χ0n) is 10.3. The normalized spacial score (nSPS) is 11.4. The van der Waals surface area contributed by atoms with Crippen LogP contribution in [0.1, 0.15) is 18.9 Å². The van der Waals surface area contributed by atoms with Crippen molar-refractivity contribution in [1.29, 1.82) is 5.26 Å². The van der Waals surface area contributed by atoms with E-state index in [1.807, 2.05) is 26.0 Å². The Kier molecular flexibility index (Phi) is 4.53. The van der Waals surface area contributed by atoms with Crippen LogP contribution in [0.25, 0.3) is 0 Å². The first kappa shape index (κ1) is 13.0. The molecule has 90 valence electrons. The molecule has 0 heterocycles. The van der Waals surface area contributed by atoms with Gasteiger partial charge in [-0.05, 0) is 37.1 Å². The van der Waals surface area contributed by atoms with E-state index in [0.717, 1.165) is 11.3 Å². The van der Waals surface area contributed by atoms with Crippen molar-refractivity contribution in [3.63, 3.8) is 0 Å². The molecule has 0 aromatic heterocycles. The standard InChI is InChI=1S/C13H16N2O2/c1-4-10(8-14)13(16)15-11-5-6-12(17-3)9(2)7-11/h5-7,10H,4H2,1-3H3,(H,15,16). The Hall–Kier alpha value is -2.02. The fourth-order valence-electron chi connectivity index (χ4n) is 1.52. The molecule has 1 amide bonds. The zero-order valence-corrected chi connectivity index (χ0v) is 10.3. The van der Waals surface area contributed by atoms with E-state index in [9.17, 15) is 4.79 Å². The largest absolute Gasteiger partial charge is 0.496 e. The minimum Gasteiger partial charge on any atom is -0.496 e. The number of carbonyl (C=O) groups excluding carboxylic acids is 1. The molecular formula is C13H16N2O2. The van der Waals surface area contributed by atoms with Crippen LogP contribution in [-0.4, -0.2) is 13.0 Å². The van der Waals surface area contributed by atoms with Gasteiger partial charge in [-0.2, -0.15) is 5.26 Å². The van der Waals surface area contributed by atoms with E-state index in [0.29, 0.717) is 12.1 Å². The average molecular weight is 232 g/mol. The molecule has 0 radical (unpaired) electrons. The van der Waals surface area contributed by atoms with Gasteiger partial charge in [-0.1, -0.05) is 6.92 Å². The van der Waals surface area contributed by atoms with E-state index < -0.39 is 5.92 Å². The van der Waals surface area contributed by atoms with Gasteiger partial charge in [-0.15, -0.1) is 0 Å². The lowest BCUT2D eigenvalue weighted by atomic mass is 10.1. The molecule has 0 aliphatic rings. The fraction of sp³-hybridized carbons (Fsp3) is 0.385. The first-order valence-electron chi connectivity index (χ1n) is 5.47. The monoisotopic (exact) mass is 232 g/mol. The quantitative estimate of drug-likeness (QED) is 0.867. The van der Waals surface area contributed by atoms with Gasteiger partial charge in [0.15, 0.2) is 0 Å². The number of nitrogens with zero attached hydrogens (tertiary/aromatic N) is 1. The number of hydrogen-bond acceptors (Lipinski definition) is 3. The molecule has 1 N–H and O–H groups in total. The van der Waals surface area contributed by atoms with E-state index in [2.05, 4.69) is 5.32 Å². The van der Waals surface area contributed by atoms with Gasteiger partial charge in [0.25, 0.3) is 0 Å². The van der Waals surface area contributed by atoms with Crippen molar-refractivity contribution < 1.29 is 9.53 Å². The van der Waals surface area contributed by atoms with Crippen LogP contribution in [0.3, 0.4) is 0 Å². The minimum absolute atomic E-state index is 0.264. The van der Waals surface area contributed by atoms with Crippen molar-refractivity contribution in [2.75, 3.05) is 12.4 Å². The van der Waals surface area contributed by atoms with Crippen molar-refractivity contribution >= 4 is 11.6 Å². The summed E-state index contributed by atoms with van der Waals surface area (Å²) < 4.78 is 5.13. The molecule has 0 aliphatic heterocycles. The molecule has 1 rings (SSSR count). The Morgan fingerprint density at radius 3 is 2.76 bits per heavy atom. The van der Waals surface area contributed by atoms with Crippen molar-refractivity contribution in [2.24, 2.45) is 5.92 Å². The van der Waals surface area contributed by atoms with Crippen molar-refractivity contribution in [3.05, 3.63) is 23.8 Å².